The molecule has 2 aromatic rings. The van der Waals surface area contributed by atoms with Crippen molar-refractivity contribution in [3.63, 3.8) is 0 Å². The Balaban J connectivity index is 1.48. The third-order valence-corrected chi connectivity index (χ3v) is 5.16. The maximum absolute atomic E-state index is 12.0. The Morgan fingerprint density at radius 1 is 1.32 bits per heavy atom. The number of rotatable bonds is 7. The van der Waals surface area contributed by atoms with Crippen molar-refractivity contribution in [1.29, 1.82) is 0 Å². The molecule has 1 aromatic carbocycles. The van der Waals surface area contributed by atoms with Crippen LogP contribution >= 0.6 is 22.9 Å². The van der Waals surface area contributed by atoms with Gasteiger partial charge in [0.05, 0.1) is 21.5 Å². The van der Waals surface area contributed by atoms with E-state index in [0.717, 1.165) is 24.1 Å². The fraction of sp³-hybridized carbons (Fsp3) is 0.333. The molecule has 0 spiro atoms. The molecule has 3 rings (SSSR count). The van der Waals surface area contributed by atoms with Gasteiger partial charge in [-0.15, -0.1) is 11.3 Å². The molecular weight excluding hydrogens is 360 g/mol. The van der Waals surface area contributed by atoms with Gasteiger partial charge < -0.3 is 15.3 Å². The fourth-order valence-corrected chi connectivity index (χ4v) is 3.54. The molecular formula is C18H19ClN2O3S. The van der Waals surface area contributed by atoms with E-state index in [1.165, 1.54) is 16.9 Å². The number of thiophene rings is 1. The van der Waals surface area contributed by atoms with Crippen LogP contribution in [0.4, 0.5) is 0 Å². The Labute approximate surface area is 155 Å². The summed E-state index contributed by atoms with van der Waals surface area (Å²) in [5.74, 6) is -0.151. The maximum atomic E-state index is 12.0. The number of halogens is 1. The quantitative estimate of drug-likeness (QED) is 0.776. The number of hydrogen-bond acceptors (Lipinski definition) is 5. The summed E-state index contributed by atoms with van der Waals surface area (Å²) in [5, 5.41) is 15.9. The average Bonchev–Trinajstić information content (AvgIpc) is 3.27. The summed E-state index contributed by atoms with van der Waals surface area (Å²) in [6.45, 7) is 0.601. The summed E-state index contributed by atoms with van der Waals surface area (Å²) in [4.78, 5) is 18.0. The zero-order valence-corrected chi connectivity index (χ0v) is 15.1. The first-order valence-electron chi connectivity index (χ1n) is 8.12. The second-order valence-corrected chi connectivity index (χ2v) is 7.52. The van der Waals surface area contributed by atoms with Crippen molar-refractivity contribution in [1.82, 2.24) is 5.32 Å². The monoisotopic (exact) mass is 378 g/mol. The molecule has 1 amide bonds. The maximum Gasteiger partial charge on any atom is 0.261 e. The molecule has 1 atom stereocenters. The second kappa shape index (κ2) is 8.47. The van der Waals surface area contributed by atoms with E-state index < -0.39 is 0 Å². The number of oxime groups is 1. The Bertz CT molecular complexity index is 758. The van der Waals surface area contributed by atoms with Crippen molar-refractivity contribution in [3.05, 3.63) is 56.7 Å². The van der Waals surface area contributed by atoms with Gasteiger partial charge in [-0.1, -0.05) is 41.0 Å². The summed E-state index contributed by atoms with van der Waals surface area (Å²) in [6.07, 6.45) is 2.12. The molecule has 132 valence electrons. The molecule has 0 radical (unpaired) electrons. The van der Waals surface area contributed by atoms with Gasteiger partial charge in [0.15, 0.2) is 0 Å². The third kappa shape index (κ3) is 4.81. The topological polar surface area (TPSA) is 70.9 Å². The Morgan fingerprint density at radius 2 is 2.12 bits per heavy atom. The minimum absolute atomic E-state index is 0.151. The summed E-state index contributed by atoms with van der Waals surface area (Å²) in [7, 11) is 0. The van der Waals surface area contributed by atoms with E-state index in [2.05, 4.69) is 10.5 Å². The Hall–Kier alpha value is -1.89. The fourth-order valence-electron chi connectivity index (χ4n) is 2.59. The SMILES string of the molecule is O=C(NCC1CC(c2ccc(CCCO)cc2)=NO1)c1ccc(Cl)s1. The van der Waals surface area contributed by atoms with Crippen molar-refractivity contribution in [2.45, 2.75) is 25.4 Å². The van der Waals surface area contributed by atoms with Gasteiger partial charge in [-0.05, 0) is 36.1 Å². The van der Waals surface area contributed by atoms with Gasteiger partial charge >= 0.3 is 0 Å². The van der Waals surface area contributed by atoms with Gasteiger partial charge in [-0.3, -0.25) is 4.79 Å². The first-order valence-corrected chi connectivity index (χ1v) is 9.31. The number of nitrogens with zero attached hydrogens (tertiary/aromatic N) is 1. The molecule has 5 nitrogen and oxygen atoms in total. The molecule has 0 bridgehead atoms. The molecule has 0 saturated carbocycles. The lowest BCUT2D eigenvalue weighted by atomic mass is 10.0. The smallest absolute Gasteiger partial charge is 0.261 e. The lowest BCUT2D eigenvalue weighted by Gasteiger charge is -2.09. The molecule has 1 aliphatic rings. The van der Waals surface area contributed by atoms with Crippen molar-refractivity contribution < 1.29 is 14.7 Å². The van der Waals surface area contributed by atoms with Crippen LogP contribution < -0.4 is 5.32 Å². The van der Waals surface area contributed by atoms with Gasteiger partial charge in [0.2, 0.25) is 0 Å². The molecule has 25 heavy (non-hydrogen) atoms. The van der Waals surface area contributed by atoms with Crippen molar-refractivity contribution in [3.8, 4) is 0 Å². The first kappa shape index (κ1) is 17.9. The number of aryl methyl sites for hydroxylation is 1. The minimum atomic E-state index is -0.163. The van der Waals surface area contributed by atoms with Crippen LogP contribution in [-0.2, 0) is 11.3 Å². The largest absolute Gasteiger partial charge is 0.396 e. The van der Waals surface area contributed by atoms with Crippen LogP contribution in [-0.4, -0.2) is 36.0 Å². The molecule has 0 saturated heterocycles. The van der Waals surface area contributed by atoms with E-state index in [-0.39, 0.29) is 18.6 Å². The van der Waals surface area contributed by atoms with Gasteiger partial charge in [0, 0.05) is 13.0 Å². The Morgan fingerprint density at radius 3 is 2.80 bits per heavy atom. The van der Waals surface area contributed by atoms with Crippen LogP contribution in [0.25, 0.3) is 0 Å². The van der Waals surface area contributed by atoms with Gasteiger partial charge in [0.1, 0.15) is 6.10 Å². The van der Waals surface area contributed by atoms with Crippen LogP contribution in [0.2, 0.25) is 4.34 Å². The van der Waals surface area contributed by atoms with E-state index in [9.17, 15) is 4.79 Å². The molecule has 1 aromatic heterocycles. The van der Waals surface area contributed by atoms with Crippen LogP contribution in [0, 0.1) is 0 Å². The van der Waals surface area contributed by atoms with Crippen LogP contribution in [0.15, 0.2) is 41.6 Å². The number of aliphatic hydroxyl groups is 1. The highest BCUT2D eigenvalue weighted by molar-refractivity contribution is 7.17. The Kier molecular flexibility index (Phi) is 6.07. The number of amides is 1. The molecule has 7 heteroatoms. The standard InChI is InChI=1S/C18H19ClN2O3S/c19-17-8-7-16(25-17)18(23)20-11-14-10-15(21-24-14)13-5-3-12(4-6-13)2-1-9-22/h3-8,14,22H,1-2,9-11H2,(H,20,23). The summed E-state index contributed by atoms with van der Waals surface area (Å²) in [5.41, 5.74) is 3.09. The van der Waals surface area contributed by atoms with Crippen molar-refractivity contribution in [2.75, 3.05) is 13.2 Å². The van der Waals surface area contributed by atoms with Crippen molar-refractivity contribution in [2.24, 2.45) is 5.16 Å². The molecule has 1 unspecified atom stereocenters. The van der Waals surface area contributed by atoms with E-state index in [1.807, 2.05) is 24.3 Å². The number of hydrogen-bond donors (Lipinski definition) is 2. The lowest BCUT2D eigenvalue weighted by Crippen LogP contribution is -2.31. The predicted molar refractivity (Wildman–Crippen MR) is 99.5 cm³/mol. The zero-order valence-electron chi connectivity index (χ0n) is 13.6. The van der Waals surface area contributed by atoms with Crippen LogP contribution in [0.1, 0.15) is 33.6 Å². The number of nitrogens with one attached hydrogen (secondary N) is 1. The highest BCUT2D eigenvalue weighted by Crippen LogP contribution is 2.21. The summed E-state index contributed by atoms with van der Waals surface area (Å²) >= 11 is 7.09. The molecule has 0 aliphatic carbocycles. The number of carbonyl (C=O) groups is 1. The van der Waals surface area contributed by atoms with Crippen LogP contribution in [0.3, 0.4) is 0 Å². The van der Waals surface area contributed by atoms with E-state index in [0.29, 0.717) is 22.2 Å². The van der Waals surface area contributed by atoms with E-state index >= 15 is 0 Å². The summed E-state index contributed by atoms with van der Waals surface area (Å²) < 4.78 is 0.593. The zero-order chi connectivity index (χ0) is 17.6. The molecule has 1 aliphatic heterocycles. The molecule has 2 heterocycles. The molecule has 0 fully saturated rings. The van der Waals surface area contributed by atoms with E-state index in [1.54, 1.807) is 12.1 Å². The minimum Gasteiger partial charge on any atom is -0.396 e. The third-order valence-electron chi connectivity index (χ3n) is 3.93. The van der Waals surface area contributed by atoms with Gasteiger partial charge in [-0.2, -0.15) is 0 Å². The molecule has 2 N–H and O–H groups in total. The van der Waals surface area contributed by atoms with Gasteiger partial charge in [0.25, 0.3) is 5.91 Å². The lowest BCUT2D eigenvalue weighted by molar-refractivity contribution is 0.0755. The van der Waals surface area contributed by atoms with E-state index in [4.69, 9.17) is 21.5 Å². The second-order valence-electron chi connectivity index (χ2n) is 5.81. The highest BCUT2D eigenvalue weighted by atomic mass is 35.5. The predicted octanol–water partition coefficient (Wildman–Crippen LogP) is 3.25. The summed E-state index contributed by atoms with van der Waals surface area (Å²) in [6, 6.07) is 11.5. The normalized spacial score (nSPS) is 16.4. The van der Waals surface area contributed by atoms with Gasteiger partial charge in [-0.25, -0.2) is 0 Å². The number of aliphatic hydroxyl groups excluding tert-OH is 1. The first-order chi connectivity index (χ1) is 12.2. The van der Waals surface area contributed by atoms with Crippen LogP contribution in [0.5, 0.6) is 0 Å². The average molecular weight is 379 g/mol. The number of benzene rings is 1. The number of carbonyl (C=O) groups excluding carboxylic acids is 1. The van der Waals surface area contributed by atoms with Crippen molar-refractivity contribution >= 4 is 34.6 Å². The highest BCUT2D eigenvalue weighted by Gasteiger charge is 2.23.